The number of para-hydroxylation sites is 1. The number of hydrogen-bond donors (Lipinski definition) is 1. The number of unbranched alkanes of at least 4 members (excludes halogenated alkanes) is 1. The molecule has 0 aliphatic rings. The minimum atomic E-state index is -0.269. The van der Waals surface area contributed by atoms with Crippen molar-refractivity contribution in [2.24, 2.45) is 5.73 Å². The molecule has 27 heavy (non-hydrogen) atoms. The molecule has 2 N–H and O–H groups in total. The maximum Gasteiger partial charge on any atom is 0.217 e. The second kappa shape index (κ2) is 8.49. The summed E-state index contributed by atoms with van der Waals surface area (Å²) in [5.74, 6) is 2.15. The molecule has 140 valence electrons. The van der Waals surface area contributed by atoms with E-state index in [-0.39, 0.29) is 5.91 Å². The SMILES string of the molecule is Cc1nc(N(C)c2ccc(OCCCCC(N)=O)cc2)c2ccccc2n1. The highest BCUT2D eigenvalue weighted by Gasteiger charge is 2.11. The van der Waals surface area contributed by atoms with Gasteiger partial charge in [0.2, 0.25) is 5.91 Å². The molecule has 2 aromatic carbocycles. The first kappa shape index (κ1) is 18.6. The third kappa shape index (κ3) is 4.73. The highest BCUT2D eigenvalue weighted by atomic mass is 16.5. The lowest BCUT2D eigenvalue weighted by Crippen LogP contribution is -2.13. The number of benzene rings is 2. The number of amides is 1. The smallest absolute Gasteiger partial charge is 0.217 e. The normalized spacial score (nSPS) is 10.7. The Morgan fingerprint density at radius 1 is 1.07 bits per heavy atom. The number of anilines is 2. The summed E-state index contributed by atoms with van der Waals surface area (Å²) in [4.78, 5) is 21.9. The quantitative estimate of drug-likeness (QED) is 0.616. The van der Waals surface area contributed by atoms with Gasteiger partial charge in [-0.25, -0.2) is 9.97 Å². The summed E-state index contributed by atoms with van der Waals surface area (Å²) in [7, 11) is 1.99. The lowest BCUT2D eigenvalue weighted by molar-refractivity contribution is -0.118. The first-order valence-corrected chi connectivity index (χ1v) is 9.03. The Bertz CT molecular complexity index is 925. The molecule has 0 unspecified atom stereocenters. The molecule has 0 atom stereocenters. The molecule has 0 fully saturated rings. The van der Waals surface area contributed by atoms with Crippen LogP contribution in [0.1, 0.15) is 25.1 Å². The second-order valence-corrected chi connectivity index (χ2v) is 6.44. The number of aromatic nitrogens is 2. The van der Waals surface area contributed by atoms with Crippen molar-refractivity contribution >= 4 is 28.3 Å². The first-order chi connectivity index (χ1) is 13.0. The Balaban J connectivity index is 1.69. The zero-order chi connectivity index (χ0) is 19.2. The van der Waals surface area contributed by atoms with Crippen molar-refractivity contribution in [1.29, 1.82) is 0 Å². The molecule has 1 heterocycles. The topological polar surface area (TPSA) is 81.3 Å². The van der Waals surface area contributed by atoms with Crippen LogP contribution < -0.4 is 15.4 Å². The van der Waals surface area contributed by atoms with Crippen molar-refractivity contribution < 1.29 is 9.53 Å². The molecule has 0 aliphatic carbocycles. The van der Waals surface area contributed by atoms with Crippen LogP contribution in [0.15, 0.2) is 48.5 Å². The lowest BCUT2D eigenvalue weighted by Gasteiger charge is -2.20. The monoisotopic (exact) mass is 364 g/mol. The average Bonchev–Trinajstić information content (AvgIpc) is 2.66. The van der Waals surface area contributed by atoms with Crippen LogP contribution in [0, 0.1) is 6.92 Å². The first-order valence-electron chi connectivity index (χ1n) is 9.03. The molecule has 3 aromatic rings. The van der Waals surface area contributed by atoms with Gasteiger partial charge >= 0.3 is 0 Å². The van der Waals surface area contributed by atoms with E-state index in [0.29, 0.717) is 13.0 Å². The summed E-state index contributed by atoms with van der Waals surface area (Å²) in [5, 5.41) is 1.01. The average molecular weight is 364 g/mol. The van der Waals surface area contributed by atoms with Gasteiger partial charge in [0, 0.05) is 24.5 Å². The van der Waals surface area contributed by atoms with E-state index in [1.807, 2.05) is 67.4 Å². The van der Waals surface area contributed by atoms with Crippen molar-refractivity contribution in [3.05, 3.63) is 54.4 Å². The number of aryl methyl sites for hydroxylation is 1. The van der Waals surface area contributed by atoms with E-state index < -0.39 is 0 Å². The zero-order valence-corrected chi connectivity index (χ0v) is 15.7. The minimum absolute atomic E-state index is 0.269. The van der Waals surface area contributed by atoms with Crippen molar-refractivity contribution in [3.8, 4) is 5.75 Å². The third-order valence-corrected chi connectivity index (χ3v) is 4.32. The fourth-order valence-corrected chi connectivity index (χ4v) is 2.91. The van der Waals surface area contributed by atoms with Crippen molar-refractivity contribution in [3.63, 3.8) is 0 Å². The van der Waals surface area contributed by atoms with Crippen LogP contribution in [-0.4, -0.2) is 29.5 Å². The van der Waals surface area contributed by atoms with Crippen LogP contribution in [0.25, 0.3) is 10.9 Å². The van der Waals surface area contributed by atoms with Gasteiger partial charge in [-0.05, 0) is 56.2 Å². The highest BCUT2D eigenvalue weighted by Crippen LogP contribution is 2.29. The van der Waals surface area contributed by atoms with Crippen LogP contribution in [0.3, 0.4) is 0 Å². The summed E-state index contributed by atoms with van der Waals surface area (Å²) in [6.07, 6.45) is 1.95. The summed E-state index contributed by atoms with van der Waals surface area (Å²) in [6, 6.07) is 15.9. The molecule has 3 rings (SSSR count). The van der Waals surface area contributed by atoms with Crippen LogP contribution in [0.5, 0.6) is 5.75 Å². The van der Waals surface area contributed by atoms with Gasteiger partial charge < -0.3 is 15.4 Å². The molecular formula is C21H24N4O2. The van der Waals surface area contributed by atoms with Gasteiger partial charge in [-0.15, -0.1) is 0 Å². The van der Waals surface area contributed by atoms with E-state index in [1.54, 1.807) is 0 Å². The standard InChI is InChI=1S/C21H24N4O2/c1-15-23-19-8-4-3-7-18(19)21(24-15)25(2)16-10-12-17(13-11-16)27-14-6-5-9-20(22)26/h3-4,7-8,10-13H,5-6,9,14H2,1-2H3,(H2,22,26). The molecule has 0 bridgehead atoms. The van der Waals surface area contributed by atoms with Gasteiger partial charge in [-0.2, -0.15) is 0 Å². The molecule has 0 saturated carbocycles. The Hall–Kier alpha value is -3.15. The van der Waals surface area contributed by atoms with E-state index in [0.717, 1.165) is 46.8 Å². The molecule has 0 radical (unpaired) electrons. The molecule has 1 aromatic heterocycles. The number of carbonyl (C=O) groups is 1. The number of nitrogens with zero attached hydrogens (tertiary/aromatic N) is 3. The van der Waals surface area contributed by atoms with Crippen molar-refractivity contribution in [1.82, 2.24) is 9.97 Å². The number of hydrogen-bond acceptors (Lipinski definition) is 5. The largest absolute Gasteiger partial charge is 0.494 e. The van der Waals surface area contributed by atoms with Crippen molar-refractivity contribution in [2.45, 2.75) is 26.2 Å². The number of carbonyl (C=O) groups excluding carboxylic acids is 1. The Morgan fingerprint density at radius 3 is 2.56 bits per heavy atom. The fourth-order valence-electron chi connectivity index (χ4n) is 2.91. The number of ether oxygens (including phenoxy) is 1. The lowest BCUT2D eigenvalue weighted by atomic mass is 10.2. The third-order valence-electron chi connectivity index (χ3n) is 4.32. The molecule has 0 spiro atoms. The summed E-state index contributed by atoms with van der Waals surface area (Å²) in [6.45, 7) is 2.47. The van der Waals surface area contributed by atoms with E-state index >= 15 is 0 Å². The molecule has 0 aliphatic heterocycles. The predicted octanol–water partition coefficient (Wildman–Crippen LogP) is 3.74. The minimum Gasteiger partial charge on any atom is -0.494 e. The molecule has 1 amide bonds. The van der Waals surface area contributed by atoms with Crippen LogP contribution in [-0.2, 0) is 4.79 Å². The number of primary amides is 1. The van der Waals surface area contributed by atoms with Gasteiger partial charge in [-0.1, -0.05) is 12.1 Å². The van der Waals surface area contributed by atoms with Gasteiger partial charge in [0.1, 0.15) is 17.4 Å². The Kier molecular flexibility index (Phi) is 5.86. The van der Waals surface area contributed by atoms with E-state index in [1.165, 1.54) is 0 Å². The van der Waals surface area contributed by atoms with E-state index in [4.69, 9.17) is 10.5 Å². The van der Waals surface area contributed by atoms with Gasteiger partial charge in [0.15, 0.2) is 0 Å². The van der Waals surface area contributed by atoms with E-state index in [2.05, 4.69) is 9.97 Å². The van der Waals surface area contributed by atoms with Crippen LogP contribution >= 0.6 is 0 Å². The fraction of sp³-hybridized carbons (Fsp3) is 0.286. The second-order valence-electron chi connectivity index (χ2n) is 6.44. The van der Waals surface area contributed by atoms with Gasteiger partial charge in [0.25, 0.3) is 0 Å². The zero-order valence-electron chi connectivity index (χ0n) is 15.7. The van der Waals surface area contributed by atoms with Gasteiger partial charge in [0.05, 0.1) is 12.1 Å². The molecule has 6 nitrogen and oxygen atoms in total. The van der Waals surface area contributed by atoms with E-state index in [9.17, 15) is 4.79 Å². The van der Waals surface area contributed by atoms with Gasteiger partial charge in [-0.3, -0.25) is 4.79 Å². The molecule has 0 saturated heterocycles. The predicted molar refractivity (Wildman–Crippen MR) is 107 cm³/mol. The number of nitrogens with two attached hydrogens (primary N) is 1. The number of fused-ring (bicyclic) bond motifs is 1. The Labute approximate surface area is 159 Å². The summed E-state index contributed by atoms with van der Waals surface area (Å²) in [5.41, 5.74) is 7.08. The Morgan fingerprint density at radius 2 is 1.81 bits per heavy atom. The number of rotatable bonds is 8. The van der Waals surface area contributed by atoms with Crippen molar-refractivity contribution in [2.75, 3.05) is 18.6 Å². The summed E-state index contributed by atoms with van der Waals surface area (Å²) >= 11 is 0. The van der Waals surface area contributed by atoms with Crippen LogP contribution in [0.2, 0.25) is 0 Å². The van der Waals surface area contributed by atoms with Crippen LogP contribution in [0.4, 0.5) is 11.5 Å². The summed E-state index contributed by atoms with van der Waals surface area (Å²) < 4.78 is 5.72. The maximum atomic E-state index is 10.7. The maximum absolute atomic E-state index is 10.7. The highest BCUT2D eigenvalue weighted by molar-refractivity contribution is 5.91. The molecular weight excluding hydrogens is 340 g/mol. The molecule has 6 heteroatoms.